The number of carbonyl (C=O) groups is 2. The molecule has 0 bridgehead atoms. The van der Waals surface area contributed by atoms with Crippen LogP contribution >= 0.6 is 12.2 Å². The predicted octanol–water partition coefficient (Wildman–Crippen LogP) is 3.04. The minimum absolute atomic E-state index is 0.0394. The van der Waals surface area contributed by atoms with Crippen molar-refractivity contribution in [1.29, 1.82) is 0 Å². The van der Waals surface area contributed by atoms with Crippen LogP contribution in [0.3, 0.4) is 0 Å². The minimum atomic E-state index is -0.135. The summed E-state index contributed by atoms with van der Waals surface area (Å²) in [7, 11) is 0. The number of amides is 2. The van der Waals surface area contributed by atoms with Crippen LogP contribution in [0.4, 0.5) is 11.4 Å². The number of rotatable bonds is 4. The Labute approximate surface area is 135 Å². The molecule has 0 unspecified atom stereocenters. The first-order chi connectivity index (χ1) is 10.5. The van der Waals surface area contributed by atoms with Crippen LogP contribution in [-0.4, -0.2) is 16.9 Å². The summed E-state index contributed by atoms with van der Waals surface area (Å²) in [5.41, 5.74) is 1.40. The van der Waals surface area contributed by atoms with E-state index in [1.165, 1.54) is 19.8 Å². The van der Waals surface area contributed by atoms with Crippen molar-refractivity contribution in [1.82, 2.24) is 5.32 Å². The third kappa shape index (κ3) is 5.44. The van der Waals surface area contributed by atoms with Crippen molar-refractivity contribution in [2.45, 2.75) is 39.0 Å². The van der Waals surface area contributed by atoms with Gasteiger partial charge in [-0.25, -0.2) is 0 Å². The Hall–Kier alpha value is -1.95. The Kier molecular flexibility index (Phi) is 5.89. The highest BCUT2D eigenvalue weighted by Gasteiger charge is 2.18. The fourth-order valence-corrected chi connectivity index (χ4v) is 2.93. The molecule has 1 aromatic rings. The van der Waals surface area contributed by atoms with E-state index in [1.54, 1.807) is 18.2 Å². The maximum atomic E-state index is 11.9. The van der Waals surface area contributed by atoms with Gasteiger partial charge < -0.3 is 16.0 Å². The standard InChI is InChI=1S/C16H21N3O2S/c1-11(20)17-13-7-4-8-14(10-13)18-16(22)19-15(21)9-12-5-2-3-6-12/h4,7-8,10,12H,2-3,5-6,9H2,1H3,(H,17,20)(H2,18,19,21,22). The van der Waals surface area contributed by atoms with Gasteiger partial charge in [-0.2, -0.15) is 0 Å². The number of carbonyl (C=O) groups excluding carboxylic acids is 2. The van der Waals surface area contributed by atoms with Gasteiger partial charge in [0.05, 0.1) is 0 Å². The highest BCUT2D eigenvalue weighted by atomic mass is 32.1. The molecule has 1 saturated carbocycles. The third-order valence-corrected chi connectivity index (χ3v) is 3.85. The summed E-state index contributed by atoms with van der Waals surface area (Å²) in [5, 5.41) is 8.65. The maximum absolute atomic E-state index is 11.9. The fourth-order valence-electron chi connectivity index (χ4n) is 2.69. The number of nitrogens with one attached hydrogen (secondary N) is 3. The van der Waals surface area contributed by atoms with Gasteiger partial charge in [0.15, 0.2) is 5.11 Å². The van der Waals surface area contributed by atoms with Crippen molar-refractivity contribution in [3.05, 3.63) is 24.3 Å². The molecule has 1 aliphatic rings. The lowest BCUT2D eigenvalue weighted by Crippen LogP contribution is -2.34. The predicted molar refractivity (Wildman–Crippen MR) is 91.7 cm³/mol. The van der Waals surface area contributed by atoms with Crippen LogP contribution in [0, 0.1) is 5.92 Å². The lowest BCUT2D eigenvalue weighted by atomic mass is 10.0. The van der Waals surface area contributed by atoms with Crippen LogP contribution in [-0.2, 0) is 9.59 Å². The molecule has 2 amide bonds. The monoisotopic (exact) mass is 319 g/mol. The molecule has 1 aromatic carbocycles. The van der Waals surface area contributed by atoms with Gasteiger partial charge in [0.2, 0.25) is 11.8 Å². The van der Waals surface area contributed by atoms with Crippen molar-refractivity contribution >= 4 is 40.5 Å². The summed E-state index contributed by atoms with van der Waals surface area (Å²) < 4.78 is 0. The molecular formula is C16H21N3O2S. The Balaban J connectivity index is 1.83. The molecule has 22 heavy (non-hydrogen) atoms. The molecule has 0 aliphatic heterocycles. The maximum Gasteiger partial charge on any atom is 0.226 e. The summed E-state index contributed by atoms with van der Waals surface area (Å²) in [6.45, 7) is 1.45. The van der Waals surface area contributed by atoms with E-state index in [-0.39, 0.29) is 16.9 Å². The average molecular weight is 319 g/mol. The van der Waals surface area contributed by atoms with Crippen molar-refractivity contribution in [2.75, 3.05) is 10.6 Å². The zero-order valence-corrected chi connectivity index (χ0v) is 13.5. The van der Waals surface area contributed by atoms with Gasteiger partial charge in [-0.1, -0.05) is 18.9 Å². The van der Waals surface area contributed by atoms with E-state index in [9.17, 15) is 9.59 Å². The Morgan fingerprint density at radius 1 is 1.18 bits per heavy atom. The second kappa shape index (κ2) is 7.89. The summed E-state index contributed by atoms with van der Waals surface area (Å²) >= 11 is 5.15. The first-order valence-corrected chi connectivity index (χ1v) is 7.92. The summed E-state index contributed by atoms with van der Waals surface area (Å²) in [6.07, 6.45) is 5.24. The van der Waals surface area contributed by atoms with Crippen molar-refractivity contribution in [3.8, 4) is 0 Å². The molecule has 0 atom stereocenters. The second-order valence-corrected chi connectivity index (χ2v) is 6.03. The normalized spacial score (nSPS) is 14.4. The zero-order valence-electron chi connectivity index (χ0n) is 12.6. The lowest BCUT2D eigenvalue weighted by Gasteiger charge is -2.12. The molecule has 1 aliphatic carbocycles. The van der Waals surface area contributed by atoms with Gasteiger partial charge in [0, 0.05) is 24.7 Å². The Morgan fingerprint density at radius 2 is 1.82 bits per heavy atom. The molecule has 3 N–H and O–H groups in total. The van der Waals surface area contributed by atoms with Crippen LogP contribution in [0.2, 0.25) is 0 Å². The Morgan fingerprint density at radius 3 is 2.45 bits per heavy atom. The first kappa shape index (κ1) is 16.4. The van der Waals surface area contributed by atoms with Crippen LogP contribution < -0.4 is 16.0 Å². The van der Waals surface area contributed by atoms with E-state index in [0.717, 1.165) is 18.5 Å². The van der Waals surface area contributed by atoms with Crippen LogP contribution in [0.5, 0.6) is 0 Å². The molecule has 1 fully saturated rings. The van der Waals surface area contributed by atoms with E-state index in [4.69, 9.17) is 12.2 Å². The van der Waals surface area contributed by atoms with Gasteiger partial charge in [-0.3, -0.25) is 9.59 Å². The quantitative estimate of drug-likeness (QED) is 0.746. The second-order valence-electron chi connectivity index (χ2n) is 5.62. The van der Waals surface area contributed by atoms with Crippen molar-refractivity contribution in [3.63, 3.8) is 0 Å². The van der Waals surface area contributed by atoms with E-state index in [1.807, 2.05) is 6.07 Å². The van der Waals surface area contributed by atoms with E-state index in [0.29, 0.717) is 18.0 Å². The molecule has 0 heterocycles. The number of thiocarbonyl (C=S) groups is 1. The van der Waals surface area contributed by atoms with E-state index in [2.05, 4.69) is 16.0 Å². The molecule has 2 rings (SSSR count). The lowest BCUT2D eigenvalue weighted by molar-refractivity contribution is -0.120. The van der Waals surface area contributed by atoms with Gasteiger partial charge in [0.1, 0.15) is 0 Å². The number of benzene rings is 1. The van der Waals surface area contributed by atoms with Crippen LogP contribution in [0.25, 0.3) is 0 Å². The topological polar surface area (TPSA) is 70.2 Å². The molecule has 118 valence electrons. The smallest absolute Gasteiger partial charge is 0.226 e. The third-order valence-electron chi connectivity index (χ3n) is 3.64. The summed E-state index contributed by atoms with van der Waals surface area (Å²) in [6, 6.07) is 7.17. The average Bonchev–Trinajstić information content (AvgIpc) is 2.90. The molecule has 0 saturated heterocycles. The van der Waals surface area contributed by atoms with E-state index < -0.39 is 0 Å². The molecule has 6 heteroatoms. The van der Waals surface area contributed by atoms with Gasteiger partial charge >= 0.3 is 0 Å². The van der Waals surface area contributed by atoms with E-state index >= 15 is 0 Å². The fraction of sp³-hybridized carbons (Fsp3) is 0.438. The first-order valence-electron chi connectivity index (χ1n) is 7.51. The van der Waals surface area contributed by atoms with Crippen LogP contribution in [0.1, 0.15) is 39.0 Å². The summed E-state index contributed by atoms with van der Waals surface area (Å²) in [5.74, 6) is 0.318. The van der Waals surface area contributed by atoms with Crippen molar-refractivity contribution < 1.29 is 9.59 Å². The highest BCUT2D eigenvalue weighted by molar-refractivity contribution is 7.80. The molecule has 5 nitrogen and oxygen atoms in total. The number of hydrogen-bond donors (Lipinski definition) is 3. The SMILES string of the molecule is CC(=O)Nc1cccc(NC(=S)NC(=O)CC2CCCC2)c1. The molecule has 0 radical (unpaired) electrons. The number of hydrogen-bond acceptors (Lipinski definition) is 3. The van der Waals surface area contributed by atoms with Crippen molar-refractivity contribution in [2.24, 2.45) is 5.92 Å². The molecular weight excluding hydrogens is 298 g/mol. The molecule has 0 aromatic heterocycles. The highest BCUT2D eigenvalue weighted by Crippen LogP contribution is 2.27. The van der Waals surface area contributed by atoms with Gasteiger partial charge in [-0.15, -0.1) is 0 Å². The van der Waals surface area contributed by atoms with Gasteiger partial charge in [0.25, 0.3) is 0 Å². The molecule has 0 spiro atoms. The number of anilines is 2. The van der Waals surface area contributed by atoms with Gasteiger partial charge in [-0.05, 0) is 49.2 Å². The zero-order chi connectivity index (χ0) is 15.9. The summed E-state index contributed by atoms with van der Waals surface area (Å²) in [4.78, 5) is 23.0. The largest absolute Gasteiger partial charge is 0.332 e. The minimum Gasteiger partial charge on any atom is -0.332 e. The Bertz CT molecular complexity index is 568. The van der Waals surface area contributed by atoms with Crippen LogP contribution in [0.15, 0.2) is 24.3 Å².